The predicted molar refractivity (Wildman–Crippen MR) is 138 cm³/mol. The Morgan fingerprint density at radius 1 is 0.974 bits per heavy atom. The van der Waals surface area contributed by atoms with Gasteiger partial charge in [-0.1, -0.05) is 25.1 Å². The fraction of sp³-hybridized carbons (Fsp3) is 0.367. The van der Waals surface area contributed by atoms with E-state index in [1.807, 2.05) is 25.1 Å². The molecule has 38 heavy (non-hydrogen) atoms. The fourth-order valence-electron chi connectivity index (χ4n) is 4.04. The van der Waals surface area contributed by atoms with Gasteiger partial charge in [-0.05, 0) is 85.8 Å². The van der Waals surface area contributed by atoms with E-state index < -0.39 is 17.6 Å². The van der Waals surface area contributed by atoms with E-state index in [4.69, 9.17) is 14.2 Å². The zero-order valence-electron chi connectivity index (χ0n) is 21.7. The number of hydrogen-bond acceptors (Lipinski definition) is 4. The highest BCUT2D eigenvalue weighted by Gasteiger charge is 2.31. The molecule has 0 radical (unpaired) electrons. The number of halogens is 4. The van der Waals surface area contributed by atoms with Gasteiger partial charge in [0.1, 0.15) is 17.3 Å². The van der Waals surface area contributed by atoms with Gasteiger partial charge in [-0.2, -0.15) is 13.2 Å². The van der Waals surface area contributed by atoms with Crippen molar-refractivity contribution in [3.05, 3.63) is 83.2 Å². The Balaban J connectivity index is 1.64. The van der Waals surface area contributed by atoms with Gasteiger partial charge in [-0.15, -0.1) is 0 Å². The zero-order valence-corrected chi connectivity index (χ0v) is 21.7. The minimum absolute atomic E-state index is 0.165. The Morgan fingerprint density at radius 2 is 1.76 bits per heavy atom. The monoisotopic (exact) mass is 532 g/mol. The standard InChI is InChI=1S/C30H32F4O4/c1-4-21-18-26(12-9-22(21)10-14-29(35)36-5-2)37-16-15-20(3)38-28-13-11-24(30(32,33)34)19-27(28)23-7-6-8-25(31)17-23/h6-9,11-13,17-20H,4-5,10,14-16H2,1-3H3/t20-/m1/s1. The molecule has 0 fully saturated rings. The molecule has 0 saturated heterocycles. The molecule has 1 atom stereocenters. The molecule has 0 bridgehead atoms. The molecule has 0 aliphatic rings. The lowest BCUT2D eigenvalue weighted by Gasteiger charge is -2.19. The number of aryl methyl sites for hydroxylation is 2. The normalized spacial score (nSPS) is 12.2. The average Bonchev–Trinajstić information content (AvgIpc) is 2.87. The maximum atomic E-state index is 13.8. The molecule has 8 heteroatoms. The lowest BCUT2D eigenvalue weighted by molar-refractivity contribution is -0.143. The number of benzene rings is 3. The zero-order chi connectivity index (χ0) is 27.7. The Morgan fingerprint density at radius 3 is 2.45 bits per heavy atom. The average molecular weight is 533 g/mol. The summed E-state index contributed by atoms with van der Waals surface area (Å²) < 4.78 is 70.6. The van der Waals surface area contributed by atoms with Crippen LogP contribution in [0.15, 0.2) is 60.7 Å². The molecule has 0 aliphatic carbocycles. The van der Waals surface area contributed by atoms with Crippen molar-refractivity contribution in [1.29, 1.82) is 0 Å². The van der Waals surface area contributed by atoms with Gasteiger partial charge in [0.05, 0.1) is 24.9 Å². The van der Waals surface area contributed by atoms with Gasteiger partial charge in [0.2, 0.25) is 0 Å². The van der Waals surface area contributed by atoms with Crippen molar-refractivity contribution < 1.29 is 36.6 Å². The minimum Gasteiger partial charge on any atom is -0.493 e. The molecule has 0 amide bonds. The van der Waals surface area contributed by atoms with E-state index >= 15 is 0 Å². The second-order valence-electron chi connectivity index (χ2n) is 8.87. The van der Waals surface area contributed by atoms with Crippen molar-refractivity contribution in [1.82, 2.24) is 0 Å². The summed E-state index contributed by atoms with van der Waals surface area (Å²) >= 11 is 0. The highest BCUT2D eigenvalue weighted by atomic mass is 19.4. The van der Waals surface area contributed by atoms with Crippen LogP contribution in [-0.4, -0.2) is 25.3 Å². The first-order valence-electron chi connectivity index (χ1n) is 12.6. The van der Waals surface area contributed by atoms with E-state index in [0.29, 0.717) is 43.8 Å². The van der Waals surface area contributed by atoms with Gasteiger partial charge in [-0.25, -0.2) is 4.39 Å². The summed E-state index contributed by atoms with van der Waals surface area (Å²) in [5.74, 6) is 0.141. The number of carbonyl (C=O) groups excluding carboxylic acids is 1. The largest absolute Gasteiger partial charge is 0.493 e. The van der Waals surface area contributed by atoms with Crippen LogP contribution in [0.3, 0.4) is 0 Å². The van der Waals surface area contributed by atoms with Crippen LogP contribution in [0.5, 0.6) is 11.5 Å². The molecule has 3 aromatic rings. The van der Waals surface area contributed by atoms with Gasteiger partial charge >= 0.3 is 12.1 Å². The van der Waals surface area contributed by atoms with Crippen molar-refractivity contribution in [2.75, 3.05) is 13.2 Å². The molecule has 0 unspecified atom stereocenters. The summed E-state index contributed by atoms with van der Waals surface area (Å²) in [5.41, 5.74) is 1.78. The molecule has 4 nitrogen and oxygen atoms in total. The van der Waals surface area contributed by atoms with Crippen LogP contribution in [0.4, 0.5) is 17.6 Å². The number of hydrogen-bond donors (Lipinski definition) is 0. The van der Waals surface area contributed by atoms with Gasteiger partial charge < -0.3 is 14.2 Å². The Hall–Kier alpha value is -3.55. The smallest absolute Gasteiger partial charge is 0.416 e. The second-order valence-corrected chi connectivity index (χ2v) is 8.87. The lowest BCUT2D eigenvalue weighted by Crippen LogP contribution is -2.16. The van der Waals surface area contributed by atoms with Crippen molar-refractivity contribution in [2.45, 2.75) is 58.7 Å². The van der Waals surface area contributed by atoms with E-state index in [9.17, 15) is 22.4 Å². The first-order valence-corrected chi connectivity index (χ1v) is 12.6. The molecule has 0 spiro atoms. The Labute approximate surface area is 220 Å². The van der Waals surface area contributed by atoms with Crippen molar-refractivity contribution in [2.24, 2.45) is 0 Å². The third-order valence-electron chi connectivity index (χ3n) is 6.03. The molecule has 3 rings (SSSR count). The summed E-state index contributed by atoms with van der Waals surface area (Å²) in [4.78, 5) is 11.7. The maximum Gasteiger partial charge on any atom is 0.416 e. The Kier molecular flexibility index (Phi) is 10.2. The molecule has 204 valence electrons. The van der Waals surface area contributed by atoms with Crippen LogP contribution in [0.2, 0.25) is 0 Å². The van der Waals surface area contributed by atoms with E-state index in [1.165, 1.54) is 24.3 Å². The van der Waals surface area contributed by atoms with Gasteiger partial charge in [0, 0.05) is 18.4 Å². The topological polar surface area (TPSA) is 44.8 Å². The predicted octanol–water partition coefficient (Wildman–Crippen LogP) is 7.81. The molecule has 0 N–H and O–H groups in total. The summed E-state index contributed by atoms with van der Waals surface area (Å²) in [7, 11) is 0. The molecular weight excluding hydrogens is 500 g/mol. The summed E-state index contributed by atoms with van der Waals surface area (Å²) in [6, 6.07) is 14.3. The molecular formula is C30H32F4O4. The summed E-state index contributed by atoms with van der Waals surface area (Å²) in [6.45, 7) is 6.29. The van der Waals surface area contributed by atoms with Crippen LogP contribution in [0.1, 0.15) is 50.3 Å². The highest BCUT2D eigenvalue weighted by molar-refractivity contribution is 5.71. The third kappa shape index (κ3) is 8.23. The van der Waals surface area contributed by atoms with E-state index in [0.717, 1.165) is 29.7 Å². The van der Waals surface area contributed by atoms with Crippen molar-refractivity contribution >= 4 is 5.97 Å². The second kappa shape index (κ2) is 13.3. The maximum absolute atomic E-state index is 13.8. The van der Waals surface area contributed by atoms with Gasteiger partial charge in [-0.3, -0.25) is 4.79 Å². The van der Waals surface area contributed by atoms with Crippen LogP contribution >= 0.6 is 0 Å². The van der Waals surface area contributed by atoms with E-state index in [-0.39, 0.29) is 23.4 Å². The fourth-order valence-corrected chi connectivity index (χ4v) is 4.04. The number of ether oxygens (including phenoxy) is 3. The molecule has 0 saturated carbocycles. The van der Waals surface area contributed by atoms with Crippen molar-refractivity contribution in [3.8, 4) is 22.6 Å². The van der Waals surface area contributed by atoms with E-state index in [2.05, 4.69) is 0 Å². The lowest BCUT2D eigenvalue weighted by atomic mass is 10.0. The molecule has 0 aromatic heterocycles. The molecule has 3 aromatic carbocycles. The highest BCUT2D eigenvalue weighted by Crippen LogP contribution is 2.38. The van der Waals surface area contributed by atoms with Crippen LogP contribution in [0.25, 0.3) is 11.1 Å². The number of esters is 1. The van der Waals surface area contributed by atoms with Crippen LogP contribution in [-0.2, 0) is 28.5 Å². The van der Waals surface area contributed by atoms with Gasteiger partial charge in [0.15, 0.2) is 0 Å². The summed E-state index contributed by atoms with van der Waals surface area (Å²) in [5, 5.41) is 0. The van der Waals surface area contributed by atoms with Gasteiger partial charge in [0.25, 0.3) is 0 Å². The molecule has 0 heterocycles. The molecule has 0 aliphatic heterocycles. The minimum atomic E-state index is -4.54. The quantitative estimate of drug-likeness (QED) is 0.176. The number of carbonyl (C=O) groups is 1. The number of rotatable bonds is 12. The van der Waals surface area contributed by atoms with Crippen LogP contribution in [0, 0.1) is 5.82 Å². The number of alkyl halides is 3. The SMILES string of the molecule is CCOC(=O)CCc1ccc(OCC[C@@H](C)Oc2ccc(C(F)(F)F)cc2-c2cccc(F)c2)cc1CC. The van der Waals surface area contributed by atoms with Crippen molar-refractivity contribution in [3.63, 3.8) is 0 Å². The first kappa shape index (κ1) is 29.0. The summed E-state index contributed by atoms with van der Waals surface area (Å²) in [6.07, 6.45) is -2.76. The van der Waals surface area contributed by atoms with Crippen LogP contribution < -0.4 is 9.47 Å². The third-order valence-corrected chi connectivity index (χ3v) is 6.03. The first-order chi connectivity index (χ1) is 18.1. The van der Waals surface area contributed by atoms with E-state index in [1.54, 1.807) is 19.9 Å². The Bertz CT molecular complexity index is 1220.